The highest BCUT2D eigenvalue weighted by Gasteiger charge is 2.26. The van der Waals surface area contributed by atoms with Gasteiger partial charge in [-0.15, -0.1) is 0 Å². The number of hydrogen-bond acceptors (Lipinski definition) is 4. The molecule has 1 aromatic heterocycles. The molecule has 104 valence electrons. The molecule has 2 rings (SSSR count). The average molecular weight is 347 g/mol. The number of nitrogens with zero attached hydrogens (tertiary/aromatic N) is 1. The van der Waals surface area contributed by atoms with E-state index in [1.807, 2.05) is 0 Å². The first kappa shape index (κ1) is 14.5. The number of carbonyl (C=O) groups is 1. The van der Waals surface area contributed by atoms with Crippen LogP contribution >= 0.6 is 27.3 Å². The Morgan fingerprint density at radius 1 is 1.47 bits per heavy atom. The largest absolute Gasteiger partial charge is 0.348 e. The van der Waals surface area contributed by atoms with Crippen molar-refractivity contribution in [3.05, 3.63) is 27.1 Å². The van der Waals surface area contributed by atoms with Crippen molar-refractivity contribution < 1.29 is 9.72 Å². The lowest BCUT2D eigenvalue weighted by molar-refractivity contribution is -0.380. The molecule has 1 heterocycles. The van der Waals surface area contributed by atoms with Gasteiger partial charge in [0.25, 0.3) is 5.91 Å². The third-order valence-corrected chi connectivity index (χ3v) is 5.29. The second-order valence-corrected chi connectivity index (χ2v) is 6.38. The fraction of sp³-hybridized carbons (Fsp3) is 0.583. The zero-order valence-electron chi connectivity index (χ0n) is 10.3. The fourth-order valence-electron chi connectivity index (χ4n) is 2.37. The summed E-state index contributed by atoms with van der Waals surface area (Å²) in [7, 11) is 0. The van der Waals surface area contributed by atoms with Gasteiger partial charge in [-0.1, -0.05) is 40.1 Å². The number of nitro groups is 1. The molecule has 1 N–H and O–H groups in total. The number of carbonyl (C=O) groups excluding carboxylic acids is 1. The summed E-state index contributed by atoms with van der Waals surface area (Å²) < 4.78 is 0. The van der Waals surface area contributed by atoms with Crippen LogP contribution in [0.15, 0.2) is 12.1 Å². The van der Waals surface area contributed by atoms with Crippen LogP contribution < -0.4 is 5.32 Å². The van der Waals surface area contributed by atoms with E-state index in [1.54, 1.807) is 0 Å². The Morgan fingerprint density at radius 2 is 2.21 bits per heavy atom. The standard InChI is InChI=1S/C12H15BrN2O3S/c13-7-8-3-1-2-4-9(8)14-12(16)10-5-6-11(19-10)15(17)18/h5-6,8-9H,1-4,7H2,(H,14,16). The molecular weight excluding hydrogens is 332 g/mol. The van der Waals surface area contributed by atoms with Crippen LogP contribution in [-0.2, 0) is 0 Å². The van der Waals surface area contributed by atoms with Gasteiger partial charge in [-0.2, -0.15) is 0 Å². The highest BCUT2D eigenvalue weighted by molar-refractivity contribution is 9.09. The summed E-state index contributed by atoms with van der Waals surface area (Å²) in [6.45, 7) is 0. The Balaban J connectivity index is 2.01. The minimum absolute atomic E-state index is 0.00540. The molecule has 0 spiro atoms. The Hall–Kier alpha value is -0.950. The zero-order chi connectivity index (χ0) is 13.8. The van der Waals surface area contributed by atoms with Gasteiger partial charge in [0, 0.05) is 17.4 Å². The number of thiophene rings is 1. The quantitative estimate of drug-likeness (QED) is 0.516. The SMILES string of the molecule is O=C(NC1CCCCC1CBr)c1ccc([N+](=O)[O-])s1. The lowest BCUT2D eigenvalue weighted by Crippen LogP contribution is -2.42. The molecule has 1 amide bonds. The third-order valence-electron chi connectivity index (χ3n) is 3.42. The Kier molecular flexibility index (Phi) is 4.93. The minimum atomic E-state index is -0.469. The first-order valence-corrected chi connectivity index (χ1v) is 8.16. The summed E-state index contributed by atoms with van der Waals surface area (Å²) in [5.41, 5.74) is 0. The molecule has 0 aliphatic heterocycles. The Bertz CT molecular complexity index is 477. The number of amides is 1. The van der Waals surface area contributed by atoms with Crippen LogP contribution in [0.2, 0.25) is 0 Å². The summed E-state index contributed by atoms with van der Waals surface area (Å²) in [5, 5.41) is 14.5. The molecule has 1 fully saturated rings. The van der Waals surface area contributed by atoms with Crippen molar-refractivity contribution in [1.29, 1.82) is 0 Å². The molecule has 0 bridgehead atoms. The van der Waals surface area contributed by atoms with Crippen molar-refractivity contribution in [2.24, 2.45) is 5.92 Å². The van der Waals surface area contributed by atoms with Crippen LogP contribution in [0, 0.1) is 16.0 Å². The van der Waals surface area contributed by atoms with Crippen LogP contribution in [0.4, 0.5) is 5.00 Å². The van der Waals surface area contributed by atoms with Crippen LogP contribution in [-0.4, -0.2) is 22.2 Å². The van der Waals surface area contributed by atoms with Gasteiger partial charge >= 0.3 is 5.00 Å². The van der Waals surface area contributed by atoms with Gasteiger partial charge in [-0.3, -0.25) is 14.9 Å². The van der Waals surface area contributed by atoms with Crippen LogP contribution in [0.1, 0.15) is 35.4 Å². The van der Waals surface area contributed by atoms with E-state index in [4.69, 9.17) is 0 Å². The number of halogens is 1. The van der Waals surface area contributed by atoms with E-state index in [0.717, 1.165) is 35.9 Å². The van der Waals surface area contributed by atoms with E-state index in [2.05, 4.69) is 21.2 Å². The van der Waals surface area contributed by atoms with Crippen LogP contribution in [0.25, 0.3) is 0 Å². The minimum Gasteiger partial charge on any atom is -0.348 e. The monoisotopic (exact) mass is 346 g/mol. The van der Waals surface area contributed by atoms with E-state index >= 15 is 0 Å². The number of alkyl halides is 1. The normalized spacial score (nSPS) is 23.0. The van der Waals surface area contributed by atoms with Gasteiger partial charge in [0.15, 0.2) is 0 Å². The third kappa shape index (κ3) is 3.54. The van der Waals surface area contributed by atoms with Crippen molar-refractivity contribution in [2.45, 2.75) is 31.7 Å². The second kappa shape index (κ2) is 6.47. The van der Waals surface area contributed by atoms with Crippen molar-refractivity contribution in [3.63, 3.8) is 0 Å². The predicted molar refractivity (Wildman–Crippen MR) is 78.0 cm³/mol. The molecule has 0 saturated heterocycles. The number of rotatable bonds is 4. The summed E-state index contributed by atoms with van der Waals surface area (Å²) in [6, 6.07) is 3.06. The topological polar surface area (TPSA) is 72.2 Å². The summed E-state index contributed by atoms with van der Waals surface area (Å²) in [6.07, 6.45) is 4.42. The molecule has 0 aromatic carbocycles. The molecule has 5 nitrogen and oxygen atoms in total. The lowest BCUT2D eigenvalue weighted by atomic mass is 9.86. The van der Waals surface area contributed by atoms with E-state index in [-0.39, 0.29) is 17.0 Å². The first-order valence-electron chi connectivity index (χ1n) is 6.23. The first-order chi connectivity index (χ1) is 9.11. The molecule has 2 atom stereocenters. The molecule has 2 unspecified atom stereocenters. The molecule has 1 aromatic rings. The van der Waals surface area contributed by atoms with Crippen molar-refractivity contribution >= 4 is 38.2 Å². The highest BCUT2D eigenvalue weighted by Crippen LogP contribution is 2.28. The van der Waals surface area contributed by atoms with Gasteiger partial charge in [-0.05, 0) is 24.8 Å². The molecule has 7 heteroatoms. The maximum Gasteiger partial charge on any atom is 0.324 e. The molecule has 1 saturated carbocycles. The molecule has 1 aliphatic carbocycles. The molecular formula is C12H15BrN2O3S. The average Bonchev–Trinajstić information content (AvgIpc) is 2.89. The lowest BCUT2D eigenvalue weighted by Gasteiger charge is -2.30. The van der Waals surface area contributed by atoms with Crippen molar-refractivity contribution in [2.75, 3.05) is 5.33 Å². The summed E-state index contributed by atoms with van der Waals surface area (Å²) >= 11 is 4.41. The van der Waals surface area contributed by atoms with Gasteiger partial charge in [0.2, 0.25) is 0 Å². The molecule has 19 heavy (non-hydrogen) atoms. The zero-order valence-corrected chi connectivity index (χ0v) is 12.7. The number of hydrogen-bond donors (Lipinski definition) is 1. The van der Waals surface area contributed by atoms with Gasteiger partial charge in [0.1, 0.15) is 0 Å². The van der Waals surface area contributed by atoms with E-state index in [9.17, 15) is 14.9 Å². The summed E-state index contributed by atoms with van der Waals surface area (Å²) in [4.78, 5) is 22.6. The van der Waals surface area contributed by atoms with E-state index in [0.29, 0.717) is 10.8 Å². The predicted octanol–water partition coefficient (Wildman–Crippen LogP) is 3.34. The smallest absolute Gasteiger partial charge is 0.324 e. The summed E-state index contributed by atoms with van der Waals surface area (Å²) in [5.74, 6) is 0.253. The molecule has 0 radical (unpaired) electrons. The van der Waals surface area contributed by atoms with E-state index < -0.39 is 4.92 Å². The van der Waals surface area contributed by atoms with E-state index in [1.165, 1.54) is 18.6 Å². The fourth-order valence-corrected chi connectivity index (χ4v) is 3.87. The van der Waals surface area contributed by atoms with Gasteiger partial charge in [-0.25, -0.2) is 0 Å². The Morgan fingerprint density at radius 3 is 2.84 bits per heavy atom. The van der Waals surface area contributed by atoms with Crippen molar-refractivity contribution in [1.82, 2.24) is 5.32 Å². The van der Waals surface area contributed by atoms with Crippen molar-refractivity contribution in [3.8, 4) is 0 Å². The maximum absolute atomic E-state index is 12.1. The highest BCUT2D eigenvalue weighted by atomic mass is 79.9. The van der Waals surface area contributed by atoms with Gasteiger partial charge in [0.05, 0.1) is 9.80 Å². The number of nitrogens with one attached hydrogen (secondary N) is 1. The van der Waals surface area contributed by atoms with Gasteiger partial charge < -0.3 is 5.32 Å². The van der Waals surface area contributed by atoms with Crippen LogP contribution in [0.3, 0.4) is 0 Å². The Labute approximate surface area is 123 Å². The maximum atomic E-state index is 12.1. The second-order valence-electron chi connectivity index (χ2n) is 4.67. The van der Waals surface area contributed by atoms with Crippen LogP contribution in [0.5, 0.6) is 0 Å². The molecule has 1 aliphatic rings.